The van der Waals surface area contributed by atoms with Crippen molar-refractivity contribution in [3.63, 3.8) is 0 Å². The van der Waals surface area contributed by atoms with Crippen LogP contribution >= 0.6 is 11.3 Å². The van der Waals surface area contributed by atoms with Crippen LogP contribution in [0.1, 0.15) is 29.8 Å². The highest BCUT2D eigenvalue weighted by Crippen LogP contribution is 2.39. The van der Waals surface area contributed by atoms with Gasteiger partial charge in [0.05, 0.1) is 17.7 Å². The Hall–Kier alpha value is -2.89. The minimum Gasteiger partial charge on any atom is -0.355 e. The summed E-state index contributed by atoms with van der Waals surface area (Å²) in [7, 11) is 4.12. The van der Waals surface area contributed by atoms with Gasteiger partial charge in [-0.25, -0.2) is 18.4 Å². The van der Waals surface area contributed by atoms with Crippen LogP contribution in [0.2, 0.25) is 0 Å². The molecule has 1 saturated heterocycles. The quantitative estimate of drug-likeness (QED) is 0.568. The van der Waals surface area contributed by atoms with Gasteiger partial charge in [0.2, 0.25) is 0 Å². The molecule has 0 radical (unpaired) electrons. The van der Waals surface area contributed by atoms with Crippen LogP contribution < -0.4 is 16.0 Å². The zero-order chi connectivity index (χ0) is 23.5. The Kier molecular flexibility index (Phi) is 7.01. The van der Waals surface area contributed by atoms with Crippen molar-refractivity contribution in [1.29, 1.82) is 0 Å². The number of nitrogens with two attached hydrogens (primary N) is 1. The van der Waals surface area contributed by atoms with Gasteiger partial charge in [-0.1, -0.05) is 6.07 Å². The van der Waals surface area contributed by atoms with Crippen molar-refractivity contribution in [3.05, 3.63) is 46.4 Å². The molecule has 4 rings (SSSR count). The third kappa shape index (κ3) is 4.75. The highest BCUT2D eigenvalue weighted by molar-refractivity contribution is 7.07. The van der Waals surface area contributed by atoms with Crippen LogP contribution in [0.25, 0.3) is 11.3 Å². The number of amides is 1. The first kappa shape index (κ1) is 23.3. The number of anilines is 2. The molecule has 3 N–H and O–H groups in total. The van der Waals surface area contributed by atoms with Gasteiger partial charge in [0, 0.05) is 24.5 Å². The molecular formula is C22H27F2N7OS. The number of benzene rings is 1. The maximum absolute atomic E-state index is 14.8. The molecular weight excluding hydrogens is 448 g/mol. The number of rotatable bonds is 6. The van der Waals surface area contributed by atoms with Gasteiger partial charge < -0.3 is 20.9 Å². The van der Waals surface area contributed by atoms with E-state index >= 15 is 0 Å². The first-order valence-corrected chi connectivity index (χ1v) is 11.7. The molecule has 1 aliphatic rings. The average Bonchev–Trinajstić information content (AvgIpc) is 3.36. The number of hydrogen-bond acceptors (Lipinski definition) is 7. The van der Waals surface area contributed by atoms with Crippen LogP contribution in [0.5, 0.6) is 0 Å². The number of carbonyl (C=O) groups is 1. The molecule has 33 heavy (non-hydrogen) atoms. The summed E-state index contributed by atoms with van der Waals surface area (Å²) < 4.78 is 31.0. The second-order valence-electron chi connectivity index (χ2n) is 8.19. The van der Waals surface area contributed by atoms with Gasteiger partial charge >= 0.3 is 0 Å². The lowest BCUT2D eigenvalue weighted by molar-refractivity contribution is 0.102. The summed E-state index contributed by atoms with van der Waals surface area (Å²) in [6, 6.07) is 4.04. The van der Waals surface area contributed by atoms with E-state index in [1.54, 1.807) is 10.9 Å². The van der Waals surface area contributed by atoms with Crippen molar-refractivity contribution in [1.82, 2.24) is 19.7 Å². The van der Waals surface area contributed by atoms with Crippen LogP contribution in [-0.2, 0) is 6.67 Å². The molecule has 176 valence electrons. The Bertz CT molecular complexity index is 1100. The monoisotopic (exact) mass is 475 g/mol. The largest absolute Gasteiger partial charge is 0.355 e. The Morgan fingerprint density at radius 3 is 2.67 bits per heavy atom. The number of halogens is 2. The number of thiazole rings is 1. The lowest BCUT2D eigenvalue weighted by Crippen LogP contribution is -2.32. The molecule has 3 aromatic rings. The fourth-order valence-electron chi connectivity index (χ4n) is 4.23. The summed E-state index contributed by atoms with van der Waals surface area (Å²) >= 11 is 1.28. The van der Waals surface area contributed by atoms with Crippen LogP contribution in [0.4, 0.5) is 20.3 Å². The zero-order valence-corrected chi connectivity index (χ0v) is 19.4. The summed E-state index contributed by atoms with van der Waals surface area (Å²) in [6.45, 7) is 1.38. The minimum absolute atomic E-state index is 0.00281. The van der Waals surface area contributed by atoms with Gasteiger partial charge in [0.1, 0.15) is 28.7 Å². The second kappa shape index (κ2) is 9.94. The molecule has 8 nitrogen and oxygen atoms in total. The Balaban J connectivity index is 1.82. The summed E-state index contributed by atoms with van der Waals surface area (Å²) in [5.74, 6) is -1.47. The molecule has 0 saturated carbocycles. The van der Waals surface area contributed by atoms with Crippen molar-refractivity contribution in [2.75, 3.05) is 37.4 Å². The lowest BCUT2D eigenvalue weighted by Gasteiger charge is -2.26. The van der Waals surface area contributed by atoms with E-state index in [0.717, 1.165) is 19.3 Å². The van der Waals surface area contributed by atoms with E-state index in [1.807, 2.05) is 0 Å². The number of nitrogens with one attached hydrogen (secondary N) is 1. The Morgan fingerprint density at radius 1 is 1.27 bits per heavy atom. The van der Waals surface area contributed by atoms with Crippen LogP contribution in [-0.4, -0.2) is 58.8 Å². The normalized spacial score (nSPS) is 16.8. The number of hydrogen-bond donors (Lipinski definition) is 2. The number of carbonyl (C=O) groups excluding carboxylic acids is 1. The molecule has 0 spiro atoms. The molecule has 3 heterocycles. The standard InChI is InChI=1S/C22H27F2N7OS/c1-29(2)14-5-4-9-30(10-8-14)22-20(27-21(32)17-11-33-13-26-17)19(28-31(22)12-25)18-15(23)6-3-7-16(18)24/h3,6-7,11,13-14H,4-5,8-10,12,25H2,1-2H3,(H,27,32)/t14-/m1/s1. The first-order valence-electron chi connectivity index (χ1n) is 10.8. The molecule has 1 atom stereocenters. The van der Waals surface area contributed by atoms with E-state index in [9.17, 15) is 13.6 Å². The Morgan fingerprint density at radius 2 is 2.03 bits per heavy atom. The fraction of sp³-hybridized carbons (Fsp3) is 0.409. The highest BCUT2D eigenvalue weighted by Gasteiger charge is 2.30. The third-order valence-corrected chi connectivity index (χ3v) is 6.52. The van der Waals surface area contributed by atoms with Gasteiger partial charge in [-0.15, -0.1) is 11.3 Å². The second-order valence-corrected chi connectivity index (χ2v) is 8.91. The predicted octanol–water partition coefficient (Wildman–Crippen LogP) is 3.37. The van der Waals surface area contributed by atoms with E-state index in [1.165, 1.54) is 34.2 Å². The van der Waals surface area contributed by atoms with Crippen molar-refractivity contribution in [2.45, 2.75) is 32.0 Å². The van der Waals surface area contributed by atoms with Crippen LogP contribution in [0.15, 0.2) is 29.1 Å². The molecule has 1 amide bonds. The Labute approximate surface area is 195 Å². The number of nitrogens with zero attached hydrogens (tertiary/aromatic N) is 5. The summed E-state index contributed by atoms with van der Waals surface area (Å²) in [5, 5.41) is 8.87. The first-order chi connectivity index (χ1) is 15.9. The molecule has 1 aliphatic heterocycles. The van der Waals surface area contributed by atoms with Crippen LogP contribution in [0.3, 0.4) is 0 Å². The molecule has 0 unspecified atom stereocenters. The van der Waals surface area contributed by atoms with Gasteiger partial charge in [0.25, 0.3) is 5.91 Å². The van der Waals surface area contributed by atoms with Gasteiger partial charge in [0.15, 0.2) is 5.82 Å². The lowest BCUT2D eigenvalue weighted by atomic mass is 10.1. The van der Waals surface area contributed by atoms with Crippen molar-refractivity contribution in [3.8, 4) is 11.3 Å². The van der Waals surface area contributed by atoms with Gasteiger partial charge in [-0.3, -0.25) is 4.79 Å². The molecule has 2 aromatic heterocycles. The van der Waals surface area contributed by atoms with E-state index in [2.05, 4.69) is 39.3 Å². The van der Waals surface area contributed by atoms with Crippen molar-refractivity contribution < 1.29 is 13.6 Å². The topological polar surface area (TPSA) is 92.3 Å². The SMILES string of the molecule is CN(C)[C@@H]1CCCN(c2c(NC(=O)c3cscn3)c(-c3c(F)cccc3F)nn2CN)CC1. The molecule has 1 fully saturated rings. The summed E-state index contributed by atoms with van der Waals surface area (Å²) in [5.41, 5.74) is 7.68. The number of aromatic nitrogens is 3. The maximum atomic E-state index is 14.8. The van der Waals surface area contributed by atoms with E-state index in [4.69, 9.17) is 5.73 Å². The molecule has 0 bridgehead atoms. The fourth-order valence-corrected chi connectivity index (χ4v) is 4.76. The molecule has 11 heteroatoms. The van der Waals surface area contributed by atoms with E-state index in [0.29, 0.717) is 24.9 Å². The molecule has 1 aromatic carbocycles. The maximum Gasteiger partial charge on any atom is 0.275 e. The van der Waals surface area contributed by atoms with Gasteiger partial charge in [-0.05, 0) is 45.5 Å². The van der Waals surface area contributed by atoms with Crippen LogP contribution in [0, 0.1) is 11.6 Å². The van der Waals surface area contributed by atoms with Gasteiger partial charge in [-0.2, -0.15) is 5.10 Å². The minimum atomic E-state index is -0.768. The zero-order valence-electron chi connectivity index (χ0n) is 18.6. The summed E-state index contributed by atoms with van der Waals surface area (Å²) in [4.78, 5) is 21.3. The van der Waals surface area contributed by atoms with E-state index in [-0.39, 0.29) is 29.3 Å². The molecule has 0 aliphatic carbocycles. The summed E-state index contributed by atoms with van der Waals surface area (Å²) in [6.07, 6.45) is 2.84. The van der Waals surface area contributed by atoms with Crippen molar-refractivity contribution >= 4 is 28.7 Å². The van der Waals surface area contributed by atoms with E-state index < -0.39 is 17.5 Å². The third-order valence-electron chi connectivity index (χ3n) is 5.93. The predicted molar refractivity (Wildman–Crippen MR) is 125 cm³/mol. The van der Waals surface area contributed by atoms with Crippen molar-refractivity contribution in [2.24, 2.45) is 5.73 Å². The smallest absolute Gasteiger partial charge is 0.275 e. The highest BCUT2D eigenvalue weighted by atomic mass is 32.1. The average molecular weight is 476 g/mol.